The van der Waals surface area contributed by atoms with Crippen LogP contribution in [0.25, 0.3) is 0 Å². The van der Waals surface area contributed by atoms with E-state index in [4.69, 9.17) is 25.4 Å². The second-order valence-corrected chi connectivity index (χ2v) is 9.34. The van der Waals surface area contributed by atoms with E-state index >= 15 is 0 Å². The molecule has 2 aromatic rings. The maximum Gasteiger partial charge on any atom is 0.223 e. The Balaban J connectivity index is 1.52. The first-order valence-corrected chi connectivity index (χ1v) is 13.0. The number of halogens is 1. The van der Waals surface area contributed by atoms with E-state index in [2.05, 4.69) is 23.2 Å². The van der Waals surface area contributed by atoms with Gasteiger partial charge in [0.1, 0.15) is 41.0 Å². The molecular formula is C29H33IN2O4. The Bertz CT molecular complexity index is 1070. The van der Waals surface area contributed by atoms with Crippen molar-refractivity contribution in [3.05, 3.63) is 64.7 Å². The zero-order valence-corrected chi connectivity index (χ0v) is 22.8. The van der Waals surface area contributed by atoms with Crippen LogP contribution in [0, 0.1) is 24.7 Å². The summed E-state index contributed by atoms with van der Waals surface area (Å²) in [6, 6.07) is 14.1. The molecule has 6 nitrogen and oxygen atoms in total. The number of hydrogen-bond acceptors (Lipinski definition) is 5. The van der Waals surface area contributed by atoms with Crippen molar-refractivity contribution in [2.24, 2.45) is 0 Å². The van der Waals surface area contributed by atoms with Crippen LogP contribution in [0.1, 0.15) is 47.6 Å². The summed E-state index contributed by atoms with van der Waals surface area (Å²) in [6.07, 6.45) is 14.0. The number of amides is 1. The average Bonchev–Trinajstić information content (AvgIpc) is 2.90. The van der Waals surface area contributed by atoms with Crippen LogP contribution in [-0.2, 0) is 19.0 Å². The number of terminal acetylenes is 2. The van der Waals surface area contributed by atoms with Gasteiger partial charge in [0, 0.05) is 25.3 Å². The molecule has 2 aromatic carbocycles. The highest BCUT2D eigenvalue weighted by atomic mass is 127. The zero-order valence-electron chi connectivity index (χ0n) is 20.7. The predicted octanol–water partition coefficient (Wildman–Crippen LogP) is 4.30. The second kappa shape index (κ2) is 14.9. The maximum absolute atomic E-state index is 12.0. The minimum atomic E-state index is -0.0851. The molecule has 1 amide bonds. The zero-order chi connectivity index (χ0) is 25.8. The number of nitrogens with one attached hydrogen (secondary N) is 1. The lowest BCUT2D eigenvalue weighted by molar-refractivity contribution is -0.121. The standard InChI is InChI=1S/C29H33IN2O4/c1-4-16-32(3)17-15-31-28(33)14-19-34-26-12-8-22(9-13-26)20-25-21-24(11-10-23(25)5-2)29-27(36-30)7-6-18-35-29/h1-2,8-13,21,27,29H,6-7,14-20H2,3H3,(H,31,33)/t27-,29+/m1/s1. The van der Waals surface area contributed by atoms with E-state index in [0.29, 0.717) is 39.1 Å². The van der Waals surface area contributed by atoms with Crippen LogP contribution in [0.3, 0.4) is 0 Å². The number of benzene rings is 2. The smallest absolute Gasteiger partial charge is 0.223 e. The van der Waals surface area contributed by atoms with E-state index < -0.39 is 0 Å². The van der Waals surface area contributed by atoms with Crippen LogP contribution in [0.15, 0.2) is 42.5 Å². The monoisotopic (exact) mass is 600 g/mol. The molecule has 7 heteroatoms. The third-order valence-electron chi connectivity index (χ3n) is 6.09. The topological polar surface area (TPSA) is 60.0 Å². The van der Waals surface area contributed by atoms with Crippen molar-refractivity contribution in [2.75, 3.05) is 39.9 Å². The van der Waals surface area contributed by atoms with Crippen molar-refractivity contribution in [3.8, 4) is 30.4 Å². The summed E-state index contributed by atoms with van der Waals surface area (Å²) in [4.78, 5) is 14.0. The van der Waals surface area contributed by atoms with Gasteiger partial charge in [-0.25, -0.2) is 0 Å². The summed E-state index contributed by atoms with van der Waals surface area (Å²) < 4.78 is 17.4. The van der Waals surface area contributed by atoms with Crippen LogP contribution in [0.2, 0.25) is 0 Å². The summed E-state index contributed by atoms with van der Waals surface area (Å²) in [6.45, 7) is 2.89. The van der Waals surface area contributed by atoms with Crippen molar-refractivity contribution in [1.29, 1.82) is 0 Å². The van der Waals surface area contributed by atoms with Gasteiger partial charge in [-0.2, -0.15) is 0 Å². The summed E-state index contributed by atoms with van der Waals surface area (Å²) in [5, 5.41) is 2.88. The van der Waals surface area contributed by atoms with Gasteiger partial charge in [0.05, 0.1) is 19.6 Å². The van der Waals surface area contributed by atoms with Gasteiger partial charge in [-0.3, -0.25) is 9.69 Å². The number of likely N-dealkylation sites (N-methyl/N-ethyl adjacent to an activating group) is 1. The molecule has 3 rings (SSSR count). The number of ether oxygens (including phenoxy) is 2. The van der Waals surface area contributed by atoms with Crippen molar-refractivity contribution >= 4 is 28.9 Å². The van der Waals surface area contributed by atoms with Gasteiger partial charge >= 0.3 is 0 Å². The minimum Gasteiger partial charge on any atom is -0.493 e. The van der Waals surface area contributed by atoms with Gasteiger partial charge in [0.25, 0.3) is 0 Å². The summed E-state index contributed by atoms with van der Waals surface area (Å²) in [5.74, 6) is 6.06. The Hall–Kier alpha value is -2.56. The Morgan fingerprint density at radius 2 is 2.06 bits per heavy atom. The normalized spacial score (nSPS) is 17.2. The molecule has 1 saturated heterocycles. The third kappa shape index (κ3) is 8.53. The Kier molecular flexibility index (Phi) is 11.6. The van der Waals surface area contributed by atoms with Crippen molar-refractivity contribution in [1.82, 2.24) is 10.2 Å². The summed E-state index contributed by atoms with van der Waals surface area (Å²) in [7, 11) is 1.92. The molecule has 0 spiro atoms. The highest BCUT2D eigenvalue weighted by Crippen LogP contribution is 2.33. The van der Waals surface area contributed by atoms with E-state index in [1.807, 2.05) is 71.4 Å². The Labute approximate surface area is 228 Å². The second-order valence-electron chi connectivity index (χ2n) is 8.83. The molecule has 0 aliphatic carbocycles. The van der Waals surface area contributed by atoms with Crippen LogP contribution in [0.5, 0.6) is 5.75 Å². The molecule has 36 heavy (non-hydrogen) atoms. The van der Waals surface area contributed by atoms with Crippen molar-refractivity contribution in [2.45, 2.75) is 37.9 Å². The van der Waals surface area contributed by atoms with Crippen molar-refractivity contribution in [3.63, 3.8) is 0 Å². The average molecular weight is 600 g/mol. The highest BCUT2D eigenvalue weighted by molar-refractivity contribution is 14.1. The molecule has 2 atom stereocenters. The van der Waals surface area contributed by atoms with E-state index in [0.717, 1.165) is 47.5 Å². The molecule has 0 bridgehead atoms. The fraction of sp³-hybridized carbons (Fsp3) is 0.414. The van der Waals surface area contributed by atoms with Gasteiger partial charge < -0.3 is 17.9 Å². The van der Waals surface area contributed by atoms with Crippen LogP contribution in [-0.4, -0.2) is 56.8 Å². The van der Waals surface area contributed by atoms with E-state index in [1.54, 1.807) is 0 Å². The maximum atomic E-state index is 12.0. The Morgan fingerprint density at radius 1 is 1.25 bits per heavy atom. The number of rotatable bonds is 12. The SMILES string of the molecule is C#CCN(C)CCNC(=O)CCOc1ccc(Cc2cc([C@@H]3OCCC[C@H]3OI)ccc2C#C)cc1. The predicted molar refractivity (Wildman–Crippen MR) is 150 cm³/mol. The highest BCUT2D eigenvalue weighted by Gasteiger charge is 2.28. The minimum absolute atomic E-state index is 0.0391. The summed E-state index contributed by atoms with van der Waals surface area (Å²) in [5.41, 5.74) is 4.16. The lowest BCUT2D eigenvalue weighted by Crippen LogP contribution is -2.33. The first-order valence-electron chi connectivity index (χ1n) is 12.1. The number of carbonyl (C=O) groups is 1. The molecular weight excluding hydrogens is 567 g/mol. The van der Waals surface area contributed by atoms with E-state index in [-0.39, 0.29) is 18.1 Å². The van der Waals surface area contributed by atoms with Gasteiger partial charge in [-0.15, -0.1) is 12.8 Å². The molecule has 0 aromatic heterocycles. The molecule has 0 radical (unpaired) electrons. The first-order chi connectivity index (χ1) is 17.5. The molecule has 1 fully saturated rings. The van der Waals surface area contributed by atoms with Gasteiger partial charge in [-0.1, -0.05) is 36.1 Å². The molecule has 1 heterocycles. The Morgan fingerprint density at radius 3 is 2.78 bits per heavy atom. The lowest BCUT2D eigenvalue weighted by atomic mass is 9.92. The summed E-state index contributed by atoms with van der Waals surface area (Å²) >= 11 is 1.96. The van der Waals surface area contributed by atoms with Crippen LogP contribution in [0.4, 0.5) is 0 Å². The molecule has 190 valence electrons. The fourth-order valence-corrected chi connectivity index (χ4v) is 4.65. The fourth-order valence-electron chi connectivity index (χ4n) is 4.13. The van der Waals surface area contributed by atoms with Crippen LogP contribution < -0.4 is 10.1 Å². The quantitative estimate of drug-likeness (QED) is 0.291. The van der Waals surface area contributed by atoms with Crippen molar-refractivity contribution < 1.29 is 17.3 Å². The van der Waals surface area contributed by atoms with Gasteiger partial charge in [0.2, 0.25) is 5.91 Å². The molecule has 1 N–H and O–H groups in total. The molecule has 1 aliphatic heterocycles. The first kappa shape index (κ1) is 28.0. The largest absolute Gasteiger partial charge is 0.493 e. The molecule has 0 saturated carbocycles. The van der Waals surface area contributed by atoms with E-state index in [9.17, 15) is 4.79 Å². The lowest BCUT2D eigenvalue weighted by Gasteiger charge is -2.30. The van der Waals surface area contributed by atoms with Crippen LogP contribution >= 0.6 is 23.0 Å². The number of nitrogens with zero attached hydrogens (tertiary/aromatic N) is 1. The number of carbonyl (C=O) groups excluding carboxylic acids is 1. The molecule has 0 unspecified atom stereocenters. The van der Waals surface area contributed by atoms with Gasteiger partial charge in [0.15, 0.2) is 0 Å². The van der Waals surface area contributed by atoms with E-state index in [1.165, 1.54) is 0 Å². The third-order valence-corrected chi connectivity index (χ3v) is 6.74. The molecule has 1 aliphatic rings. The van der Waals surface area contributed by atoms with Gasteiger partial charge in [-0.05, 0) is 61.2 Å². The number of hydrogen-bond donors (Lipinski definition) is 1.